The van der Waals surface area contributed by atoms with Gasteiger partial charge in [-0.25, -0.2) is 0 Å². The molecule has 0 radical (unpaired) electrons. The Balaban J connectivity index is 0.000000668. The molecule has 0 heterocycles. The number of carboxylic acid groups (broad SMARTS) is 1. The zero-order valence-corrected chi connectivity index (χ0v) is 20.1. The largest absolute Gasteiger partial charge is 0.481 e. The first kappa shape index (κ1) is 24.4. The summed E-state index contributed by atoms with van der Waals surface area (Å²) < 4.78 is 5.82. The summed E-state index contributed by atoms with van der Waals surface area (Å²) in [6, 6.07) is 0. The number of ketones is 2. The first-order valence-electron chi connectivity index (χ1n) is 11.6. The van der Waals surface area contributed by atoms with E-state index in [2.05, 4.69) is 26.8 Å². The van der Waals surface area contributed by atoms with Gasteiger partial charge < -0.3 is 9.84 Å². The minimum atomic E-state index is -0.990. The number of aliphatic carboxylic acids is 1. The SMILES string of the molecule is CC(=O)O.CC(=O)O[C@]1(C(C)=O)CC[C@H]2[C@@H]3C=C(C)C4=CC(=O)CC[C@]4(C)[C@H]3CC[C@@]21C. The molecule has 4 aliphatic rings. The fourth-order valence-corrected chi connectivity index (χ4v) is 7.48. The summed E-state index contributed by atoms with van der Waals surface area (Å²) in [4.78, 5) is 45.8. The van der Waals surface area contributed by atoms with Gasteiger partial charge in [0.25, 0.3) is 5.97 Å². The predicted octanol–water partition coefficient (Wildman–Crippen LogP) is 4.67. The number of Topliss-reactive ketones (excluding diaryl/α,β-unsaturated/α-hetero) is 1. The molecule has 4 aliphatic carbocycles. The number of fused-ring (bicyclic) bond motifs is 5. The molecule has 0 aromatic rings. The third-order valence-corrected chi connectivity index (χ3v) is 8.84. The van der Waals surface area contributed by atoms with E-state index in [-0.39, 0.29) is 28.4 Å². The van der Waals surface area contributed by atoms with Gasteiger partial charge in [0, 0.05) is 25.7 Å². The van der Waals surface area contributed by atoms with Crippen LogP contribution in [0.15, 0.2) is 23.3 Å². The van der Waals surface area contributed by atoms with Crippen molar-refractivity contribution >= 4 is 23.5 Å². The number of hydrogen-bond acceptors (Lipinski definition) is 5. The van der Waals surface area contributed by atoms with Crippen molar-refractivity contribution in [3.05, 3.63) is 23.3 Å². The molecule has 2 saturated carbocycles. The predicted molar refractivity (Wildman–Crippen MR) is 120 cm³/mol. The second-order valence-corrected chi connectivity index (χ2v) is 10.6. The zero-order chi connectivity index (χ0) is 24.1. The Bertz CT molecular complexity index is 909. The lowest BCUT2D eigenvalue weighted by Crippen LogP contribution is -2.58. The van der Waals surface area contributed by atoms with E-state index < -0.39 is 11.6 Å². The van der Waals surface area contributed by atoms with Gasteiger partial charge in [-0.1, -0.05) is 25.5 Å². The van der Waals surface area contributed by atoms with Crippen molar-refractivity contribution in [1.29, 1.82) is 0 Å². The summed E-state index contributed by atoms with van der Waals surface area (Å²) in [6.07, 6.45) is 9.20. The molecule has 4 rings (SSSR count). The van der Waals surface area contributed by atoms with Gasteiger partial charge in [0.05, 0.1) is 0 Å². The summed E-state index contributed by atoms with van der Waals surface area (Å²) in [7, 11) is 0. The highest BCUT2D eigenvalue weighted by atomic mass is 16.6. The Morgan fingerprint density at radius 1 is 1.03 bits per heavy atom. The smallest absolute Gasteiger partial charge is 0.303 e. The highest BCUT2D eigenvalue weighted by Crippen LogP contribution is 2.67. The monoisotopic (exact) mass is 444 g/mol. The molecule has 6 atom stereocenters. The van der Waals surface area contributed by atoms with Crippen LogP contribution in [0.2, 0.25) is 0 Å². The molecule has 0 aromatic heterocycles. The molecule has 0 aliphatic heterocycles. The van der Waals surface area contributed by atoms with Crippen LogP contribution in [0.25, 0.3) is 0 Å². The van der Waals surface area contributed by atoms with Crippen LogP contribution in [-0.4, -0.2) is 34.2 Å². The van der Waals surface area contributed by atoms with Crippen LogP contribution in [-0.2, 0) is 23.9 Å². The van der Waals surface area contributed by atoms with Gasteiger partial charge in [0.1, 0.15) is 0 Å². The van der Waals surface area contributed by atoms with E-state index in [0.29, 0.717) is 30.6 Å². The maximum Gasteiger partial charge on any atom is 0.303 e. The van der Waals surface area contributed by atoms with E-state index in [1.807, 2.05) is 6.08 Å². The van der Waals surface area contributed by atoms with Crippen LogP contribution >= 0.6 is 0 Å². The lowest BCUT2D eigenvalue weighted by molar-refractivity contribution is -0.185. The number of carbonyl (C=O) groups excluding carboxylic acids is 3. The standard InChI is InChI=1S/C24H32O4.C2H4O2/c1-14-12-18-19(22(4)9-6-17(27)13-21(14)22)7-10-23(5)20(18)8-11-24(23,15(2)25)28-16(3)26;1-2(3)4/h12-13,18-20H,6-11H2,1-5H3;1H3,(H,3,4)/t18-,19+,20+,22-,23+,24+;/m1./s1. The van der Waals surface area contributed by atoms with Gasteiger partial charge in [-0.2, -0.15) is 0 Å². The van der Waals surface area contributed by atoms with Gasteiger partial charge in [-0.3, -0.25) is 19.2 Å². The quantitative estimate of drug-likeness (QED) is 0.622. The van der Waals surface area contributed by atoms with Crippen LogP contribution < -0.4 is 0 Å². The first-order valence-corrected chi connectivity index (χ1v) is 11.6. The molecule has 0 bridgehead atoms. The Kier molecular flexibility index (Phi) is 6.31. The average Bonchev–Trinajstić information content (AvgIpc) is 2.96. The Morgan fingerprint density at radius 2 is 1.62 bits per heavy atom. The number of rotatable bonds is 2. The molecule has 2 fully saturated rings. The van der Waals surface area contributed by atoms with Crippen molar-refractivity contribution in [3.8, 4) is 0 Å². The maximum atomic E-state index is 12.8. The second-order valence-electron chi connectivity index (χ2n) is 10.6. The minimum absolute atomic E-state index is 0.0160. The number of carbonyl (C=O) groups is 4. The van der Waals surface area contributed by atoms with Crippen LogP contribution in [0.4, 0.5) is 0 Å². The van der Waals surface area contributed by atoms with Crippen molar-refractivity contribution in [2.75, 3.05) is 0 Å². The molecule has 0 aromatic carbocycles. The number of allylic oxidation sites excluding steroid dienone is 4. The molecule has 32 heavy (non-hydrogen) atoms. The van der Waals surface area contributed by atoms with Gasteiger partial charge in [0.15, 0.2) is 17.2 Å². The molecule has 0 spiro atoms. The Hall–Kier alpha value is -2.24. The molecule has 176 valence electrons. The number of carboxylic acids is 1. The fraction of sp³-hybridized carbons (Fsp3) is 0.692. The third kappa shape index (κ3) is 3.65. The van der Waals surface area contributed by atoms with E-state index in [1.165, 1.54) is 18.1 Å². The average molecular weight is 445 g/mol. The van der Waals surface area contributed by atoms with Gasteiger partial charge in [0.2, 0.25) is 0 Å². The van der Waals surface area contributed by atoms with E-state index in [9.17, 15) is 14.4 Å². The van der Waals surface area contributed by atoms with Crippen molar-refractivity contribution < 1.29 is 29.0 Å². The van der Waals surface area contributed by atoms with E-state index in [4.69, 9.17) is 14.6 Å². The van der Waals surface area contributed by atoms with Crippen molar-refractivity contribution in [2.45, 2.75) is 85.7 Å². The number of ether oxygens (including phenoxy) is 1. The van der Waals surface area contributed by atoms with Crippen LogP contribution in [0, 0.1) is 28.6 Å². The van der Waals surface area contributed by atoms with E-state index in [0.717, 1.165) is 32.6 Å². The highest BCUT2D eigenvalue weighted by molar-refractivity contribution is 5.92. The fourth-order valence-electron chi connectivity index (χ4n) is 7.48. The maximum absolute atomic E-state index is 12.8. The van der Waals surface area contributed by atoms with Crippen LogP contribution in [0.1, 0.15) is 80.1 Å². The Labute approximate surface area is 190 Å². The molecule has 6 nitrogen and oxygen atoms in total. The van der Waals surface area contributed by atoms with Crippen LogP contribution in [0.5, 0.6) is 0 Å². The van der Waals surface area contributed by atoms with Gasteiger partial charge in [-0.05, 0) is 80.8 Å². The first-order chi connectivity index (χ1) is 14.8. The summed E-state index contributed by atoms with van der Waals surface area (Å²) in [5, 5.41) is 7.42. The topological polar surface area (TPSA) is 97.7 Å². The highest BCUT2D eigenvalue weighted by Gasteiger charge is 2.67. The van der Waals surface area contributed by atoms with Gasteiger partial charge in [-0.15, -0.1) is 0 Å². The molecule has 0 unspecified atom stereocenters. The zero-order valence-electron chi connectivity index (χ0n) is 20.1. The molecule has 1 N–H and O–H groups in total. The van der Waals surface area contributed by atoms with E-state index in [1.54, 1.807) is 6.92 Å². The molecular weight excluding hydrogens is 408 g/mol. The molecular formula is C26H36O6. The van der Waals surface area contributed by atoms with E-state index >= 15 is 0 Å². The van der Waals surface area contributed by atoms with Gasteiger partial charge >= 0.3 is 5.97 Å². The second kappa shape index (κ2) is 8.27. The third-order valence-electron chi connectivity index (χ3n) is 8.84. The minimum Gasteiger partial charge on any atom is -0.481 e. The summed E-state index contributed by atoms with van der Waals surface area (Å²) in [5.74, 6) is 0.195. The Morgan fingerprint density at radius 3 is 2.19 bits per heavy atom. The number of esters is 1. The van der Waals surface area contributed by atoms with Crippen LogP contribution in [0.3, 0.4) is 0 Å². The van der Waals surface area contributed by atoms with Crippen molar-refractivity contribution in [3.63, 3.8) is 0 Å². The summed E-state index contributed by atoms with van der Waals surface area (Å²) in [5.41, 5.74) is 1.15. The summed E-state index contributed by atoms with van der Waals surface area (Å²) >= 11 is 0. The molecule has 6 heteroatoms. The number of hydrogen-bond donors (Lipinski definition) is 1. The molecule has 0 amide bonds. The normalized spacial score (nSPS) is 39.8. The summed E-state index contributed by atoms with van der Waals surface area (Å²) in [6.45, 7) is 10.7. The van der Waals surface area contributed by atoms with Crippen molar-refractivity contribution in [1.82, 2.24) is 0 Å². The van der Waals surface area contributed by atoms with Crippen molar-refractivity contribution in [2.24, 2.45) is 28.6 Å². The lowest BCUT2D eigenvalue weighted by atomic mass is 9.47. The molecule has 0 saturated heterocycles. The lowest BCUT2D eigenvalue weighted by Gasteiger charge is -2.58.